The number of benzene rings is 2. The second-order valence-corrected chi connectivity index (χ2v) is 4.99. The van der Waals surface area contributed by atoms with Crippen molar-refractivity contribution in [3.63, 3.8) is 0 Å². The molecule has 2 aromatic rings. The van der Waals surface area contributed by atoms with Crippen LogP contribution in [0.3, 0.4) is 0 Å². The fourth-order valence-corrected chi connectivity index (χ4v) is 2.14. The summed E-state index contributed by atoms with van der Waals surface area (Å²) in [4.78, 5) is 0. The van der Waals surface area contributed by atoms with Gasteiger partial charge in [-0.1, -0.05) is 41.9 Å². The van der Waals surface area contributed by atoms with E-state index < -0.39 is 5.60 Å². The van der Waals surface area contributed by atoms with Gasteiger partial charge in [0.2, 0.25) is 0 Å². The van der Waals surface area contributed by atoms with Crippen LogP contribution in [0.2, 0.25) is 5.02 Å². The van der Waals surface area contributed by atoms with Crippen molar-refractivity contribution in [1.82, 2.24) is 0 Å². The highest BCUT2D eigenvalue weighted by molar-refractivity contribution is 6.30. The summed E-state index contributed by atoms with van der Waals surface area (Å²) in [5.74, 6) is -0.351. The Bertz CT molecular complexity index is 537. The SMILES string of the molecule is CC(O)(Cc1cc(Cl)ccc1F)c1ccccc1. The lowest BCUT2D eigenvalue weighted by atomic mass is 9.89. The largest absolute Gasteiger partial charge is 0.385 e. The van der Waals surface area contributed by atoms with Gasteiger partial charge < -0.3 is 5.11 Å². The molecule has 1 N–H and O–H groups in total. The highest BCUT2D eigenvalue weighted by Crippen LogP contribution is 2.27. The molecule has 0 aliphatic carbocycles. The topological polar surface area (TPSA) is 20.2 Å². The molecule has 18 heavy (non-hydrogen) atoms. The van der Waals surface area contributed by atoms with Crippen molar-refractivity contribution in [3.8, 4) is 0 Å². The molecule has 1 nitrogen and oxygen atoms in total. The van der Waals surface area contributed by atoms with Gasteiger partial charge in [-0.3, -0.25) is 0 Å². The predicted octanol–water partition coefficient (Wildman–Crippen LogP) is 3.93. The number of halogens is 2. The van der Waals surface area contributed by atoms with Gasteiger partial charge in [-0.15, -0.1) is 0 Å². The maximum atomic E-state index is 13.6. The van der Waals surface area contributed by atoms with E-state index in [1.165, 1.54) is 12.1 Å². The third kappa shape index (κ3) is 2.89. The molecule has 0 amide bonds. The van der Waals surface area contributed by atoms with Crippen molar-refractivity contribution in [2.75, 3.05) is 0 Å². The summed E-state index contributed by atoms with van der Waals surface area (Å²) < 4.78 is 13.6. The Labute approximate surface area is 111 Å². The summed E-state index contributed by atoms with van der Waals surface area (Å²) in [6.07, 6.45) is 0.184. The third-order valence-electron chi connectivity index (χ3n) is 2.94. The van der Waals surface area contributed by atoms with Gasteiger partial charge in [-0.25, -0.2) is 4.39 Å². The van der Waals surface area contributed by atoms with E-state index in [4.69, 9.17) is 11.6 Å². The summed E-state index contributed by atoms with van der Waals surface area (Å²) >= 11 is 5.84. The highest BCUT2D eigenvalue weighted by Gasteiger charge is 2.24. The van der Waals surface area contributed by atoms with Crippen molar-refractivity contribution in [3.05, 3.63) is 70.5 Å². The Hall–Kier alpha value is -1.38. The summed E-state index contributed by atoms with van der Waals surface area (Å²) in [5.41, 5.74) is 0.0491. The van der Waals surface area contributed by atoms with Gasteiger partial charge in [0.15, 0.2) is 0 Å². The standard InChI is InChI=1S/C15H14ClFO/c1-15(18,12-5-3-2-4-6-12)10-11-9-13(16)7-8-14(11)17/h2-9,18H,10H2,1H3. The van der Waals surface area contributed by atoms with Crippen molar-refractivity contribution < 1.29 is 9.50 Å². The molecule has 0 aliphatic heterocycles. The predicted molar refractivity (Wildman–Crippen MR) is 71.1 cm³/mol. The Morgan fingerprint density at radius 1 is 1.17 bits per heavy atom. The monoisotopic (exact) mass is 264 g/mol. The zero-order chi connectivity index (χ0) is 13.2. The molecule has 0 radical (unpaired) electrons. The van der Waals surface area contributed by atoms with E-state index in [1.807, 2.05) is 30.3 Å². The lowest BCUT2D eigenvalue weighted by Gasteiger charge is -2.24. The molecule has 0 aliphatic rings. The minimum absolute atomic E-state index is 0.184. The quantitative estimate of drug-likeness (QED) is 0.891. The Kier molecular flexibility index (Phi) is 3.69. The van der Waals surface area contributed by atoms with E-state index >= 15 is 0 Å². The van der Waals surface area contributed by atoms with E-state index in [-0.39, 0.29) is 12.2 Å². The molecule has 0 heterocycles. The summed E-state index contributed by atoms with van der Waals surface area (Å²) in [6, 6.07) is 13.6. The molecule has 1 unspecified atom stereocenters. The Balaban J connectivity index is 2.30. The molecule has 2 aromatic carbocycles. The first-order chi connectivity index (χ1) is 8.49. The molecule has 0 spiro atoms. The maximum absolute atomic E-state index is 13.6. The second-order valence-electron chi connectivity index (χ2n) is 4.55. The molecule has 94 valence electrons. The van der Waals surface area contributed by atoms with Gasteiger partial charge in [-0.05, 0) is 36.2 Å². The molecule has 0 aromatic heterocycles. The third-order valence-corrected chi connectivity index (χ3v) is 3.17. The van der Waals surface area contributed by atoms with Gasteiger partial charge in [0.05, 0.1) is 5.60 Å². The van der Waals surface area contributed by atoms with E-state index in [0.29, 0.717) is 10.6 Å². The van der Waals surface area contributed by atoms with Crippen LogP contribution in [0.1, 0.15) is 18.1 Å². The van der Waals surface area contributed by atoms with Crippen LogP contribution in [0.4, 0.5) is 4.39 Å². The Morgan fingerprint density at radius 2 is 1.83 bits per heavy atom. The fourth-order valence-electron chi connectivity index (χ4n) is 1.95. The van der Waals surface area contributed by atoms with Crippen LogP contribution in [0.5, 0.6) is 0 Å². The normalized spacial score (nSPS) is 14.2. The first-order valence-corrected chi connectivity index (χ1v) is 6.09. The van der Waals surface area contributed by atoms with Crippen LogP contribution < -0.4 is 0 Å². The molecule has 0 saturated carbocycles. The van der Waals surface area contributed by atoms with Crippen molar-refractivity contribution in [2.24, 2.45) is 0 Å². The lowest BCUT2D eigenvalue weighted by molar-refractivity contribution is 0.0567. The Morgan fingerprint density at radius 3 is 2.50 bits per heavy atom. The van der Waals surface area contributed by atoms with Gasteiger partial charge in [0, 0.05) is 11.4 Å². The van der Waals surface area contributed by atoms with E-state index in [9.17, 15) is 9.50 Å². The molecule has 0 fully saturated rings. The molecule has 1 atom stereocenters. The van der Waals surface area contributed by atoms with E-state index in [1.54, 1.807) is 13.0 Å². The summed E-state index contributed by atoms with van der Waals surface area (Å²) in [6.45, 7) is 1.67. The molecule has 3 heteroatoms. The highest BCUT2D eigenvalue weighted by atomic mass is 35.5. The number of hydrogen-bond acceptors (Lipinski definition) is 1. The summed E-state index contributed by atoms with van der Waals surface area (Å²) in [5, 5.41) is 10.9. The first kappa shape index (κ1) is 13.1. The molecule has 0 bridgehead atoms. The van der Waals surface area contributed by atoms with E-state index in [0.717, 1.165) is 5.56 Å². The van der Waals surface area contributed by atoms with Gasteiger partial charge in [0.1, 0.15) is 5.82 Å². The minimum Gasteiger partial charge on any atom is -0.385 e. The first-order valence-electron chi connectivity index (χ1n) is 5.71. The zero-order valence-electron chi connectivity index (χ0n) is 10.0. The number of rotatable bonds is 3. The van der Waals surface area contributed by atoms with Crippen LogP contribution in [0.15, 0.2) is 48.5 Å². The average molecular weight is 265 g/mol. The van der Waals surface area contributed by atoms with E-state index in [2.05, 4.69) is 0 Å². The van der Waals surface area contributed by atoms with Gasteiger partial charge in [0.25, 0.3) is 0 Å². The zero-order valence-corrected chi connectivity index (χ0v) is 10.8. The average Bonchev–Trinajstić information content (AvgIpc) is 2.35. The number of aliphatic hydroxyl groups is 1. The van der Waals surface area contributed by atoms with Crippen molar-refractivity contribution in [1.29, 1.82) is 0 Å². The number of hydrogen-bond donors (Lipinski definition) is 1. The smallest absolute Gasteiger partial charge is 0.126 e. The van der Waals surface area contributed by atoms with Crippen LogP contribution in [-0.2, 0) is 12.0 Å². The minimum atomic E-state index is -1.12. The molecule has 2 rings (SSSR count). The van der Waals surface area contributed by atoms with Crippen LogP contribution in [0, 0.1) is 5.82 Å². The van der Waals surface area contributed by atoms with Gasteiger partial charge in [-0.2, -0.15) is 0 Å². The maximum Gasteiger partial charge on any atom is 0.126 e. The summed E-state index contributed by atoms with van der Waals surface area (Å²) in [7, 11) is 0. The van der Waals surface area contributed by atoms with Crippen molar-refractivity contribution in [2.45, 2.75) is 18.9 Å². The fraction of sp³-hybridized carbons (Fsp3) is 0.200. The van der Waals surface area contributed by atoms with Crippen molar-refractivity contribution >= 4 is 11.6 Å². The lowest BCUT2D eigenvalue weighted by Crippen LogP contribution is -2.24. The van der Waals surface area contributed by atoms with Gasteiger partial charge >= 0.3 is 0 Å². The van der Waals surface area contributed by atoms with Crippen LogP contribution in [0.25, 0.3) is 0 Å². The molecule has 0 saturated heterocycles. The van der Waals surface area contributed by atoms with Crippen LogP contribution >= 0.6 is 11.6 Å². The second kappa shape index (κ2) is 5.09. The molecular weight excluding hydrogens is 251 g/mol. The van der Waals surface area contributed by atoms with Crippen LogP contribution in [-0.4, -0.2) is 5.11 Å². The molecular formula is C15H14ClFO.